The highest BCUT2D eigenvalue weighted by atomic mass is 32.2. The molecule has 0 aromatic heterocycles. The van der Waals surface area contributed by atoms with Gasteiger partial charge in [-0.1, -0.05) is 12.8 Å². The lowest BCUT2D eigenvalue weighted by molar-refractivity contribution is -0.139. The Bertz CT molecular complexity index is 827. The van der Waals surface area contributed by atoms with E-state index in [0.717, 1.165) is 25.7 Å². The van der Waals surface area contributed by atoms with Gasteiger partial charge in [0.2, 0.25) is 0 Å². The minimum absolute atomic E-state index is 0.000496. The van der Waals surface area contributed by atoms with Crippen LogP contribution < -0.4 is 4.74 Å². The Hall–Kier alpha value is -2.09. The summed E-state index contributed by atoms with van der Waals surface area (Å²) in [6.45, 7) is 3.45. The predicted octanol–water partition coefficient (Wildman–Crippen LogP) is 2.59. The van der Waals surface area contributed by atoms with Gasteiger partial charge in [0.15, 0.2) is 16.4 Å². The number of carbonyl (C=O) groups excluding carboxylic acids is 2. The summed E-state index contributed by atoms with van der Waals surface area (Å²) in [6.07, 6.45) is 4.28. The van der Waals surface area contributed by atoms with E-state index < -0.39 is 15.8 Å². The van der Waals surface area contributed by atoms with Crippen molar-refractivity contribution in [3.8, 4) is 5.75 Å². The van der Waals surface area contributed by atoms with Crippen molar-refractivity contribution in [3.63, 3.8) is 0 Å². The van der Waals surface area contributed by atoms with Crippen LogP contribution in [0.25, 0.3) is 0 Å². The first-order valence-electron chi connectivity index (χ1n) is 10.2. The van der Waals surface area contributed by atoms with Gasteiger partial charge in [0.05, 0.1) is 23.2 Å². The molecule has 1 amide bonds. The fraction of sp³-hybridized carbons (Fsp3) is 0.619. The molecule has 1 aromatic rings. The molecule has 2 aliphatic rings. The van der Waals surface area contributed by atoms with E-state index in [9.17, 15) is 18.0 Å². The van der Waals surface area contributed by atoms with E-state index in [1.54, 1.807) is 29.2 Å². The Morgan fingerprint density at radius 1 is 1.07 bits per heavy atom. The Kier molecular flexibility index (Phi) is 6.82. The molecule has 0 spiro atoms. The van der Waals surface area contributed by atoms with Crippen molar-refractivity contribution in [2.45, 2.75) is 64.1 Å². The summed E-state index contributed by atoms with van der Waals surface area (Å²) < 4.78 is 34.6. The fourth-order valence-corrected chi connectivity index (χ4v) is 5.82. The van der Waals surface area contributed by atoms with E-state index in [2.05, 4.69) is 0 Å². The van der Waals surface area contributed by atoms with Crippen molar-refractivity contribution in [2.75, 3.05) is 18.1 Å². The van der Waals surface area contributed by atoms with Gasteiger partial charge in [0, 0.05) is 12.1 Å². The average molecular weight is 424 g/mol. The first-order chi connectivity index (χ1) is 13.7. The molecule has 0 unspecified atom stereocenters. The number of sulfone groups is 1. The van der Waals surface area contributed by atoms with Crippen molar-refractivity contribution in [3.05, 3.63) is 29.8 Å². The highest BCUT2D eigenvalue weighted by molar-refractivity contribution is 7.91. The summed E-state index contributed by atoms with van der Waals surface area (Å²) in [5.41, 5.74) is 0.338. The molecule has 0 N–H and O–H groups in total. The van der Waals surface area contributed by atoms with Crippen LogP contribution in [0.3, 0.4) is 0 Å². The minimum Gasteiger partial charge on any atom is -0.491 e. The van der Waals surface area contributed by atoms with Crippen LogP contribution in [0.1, 0.15) is 56.3 Å². The maximum absolute atomic E-state index is 12.9. The van der Waals surface area contributed by atoms with Crippen LogP contribution in [0.2, 0.25) is 0 Å². The fourth-order valence-electron chi connectivity index (χ4n) is 4.11. The normalized spacial score (nSPS) is 21.3. The van der Waals surface area contributed by atoms with Crippen molar-refractivity contribution < 1.29 is 27.5 Å². The smallest absolute Gasteiger partial charge is 0.338 e. The summed E-state index contributed by atoms with van der Waals surface area (Å²) >= 11 is 0. The molecule has 7 nitrogen and oxygen atoms in total. The first-order valence-corrected chi connectivity index (χ1v) is 12.0. The third kappa shape index (κ3) is 5.72. The molecule has 3 rings (SSSR count). The van der Waals surface area contributed by atoms with Crippen molar-refractivity contribution in [1.29, 1.82) is 0 Å². The predicted molar refractivity (Wildman–Crippen MR) is 109 cm³/mol. The molecular formula is C21H29NO6S. The van der Waals surface area contributed by atoms with Gasteiger partial charge in [-0.15, -0.1) is 0 Å². The second-order valence-electron chi connectivity index (χ2n) is 8.06. The number of nitrogens with zero attached hydrogens (tertiary/aromatic N) is 1. The van der Waals surface area contributed by atoms with Crippen LogP contribution in [0, 0.1) is 0 Å². The van der Waals surface area contributed by atoms with E-state index in [1.807, 2.05) is 13.8 Å². The number of esters is 1. The number of ether oxygens (including phenoxy) is 2. The van der Waals surface area contributed by atoms with Crippen LogP contribution in [0.4, 0.5) is 0 Å². The summed E-state index contributed by atoms with van der Waals surface area (Å²) in [6, 6.07) is 6.29. The molecule has 1 atom stereocenters. The monoisotopic (exact) mass is 423 g/mol. The molecule has 1 aliphatic heterocycles. The third-order valence-electron chi connectivity index (χ3n) is 5.40. The SMILES string of the molecule is CC(C)Oc1ccc(C(=O)OCC(=O)N(C2CCCC2)[C@H]2CCS(=O)(=O)C2)cc1. The number of hydrogen-bond donors (Lipinski definition) is 0. The van der Waals surface area contributed by atoms with Crippen molar-refractivity contribution in [2.24, 2.45) is 0 Å². The van der Waals surface area contributed by atoms with Gasteiger partial charge in [-0.3, -0.25) is 4.79 Å². The number of benzene rings is 1. The summed E-state index contributed by atoms with van der Waals surface area (Å²) in [7, 11) is -3.10. The van der Waals surface area contributed by atoms with Crippen LogP contribution >= 0.6 is 0 Å². The molecular weight excluding hydrogens is 394 g/mol. The van der Waals surface area contributed by atoms with Crippen LogP contribution in [-0.4, -0.2) is 61.5 Å². The van der Waals surface area contributed by atoms with Crippen molar-refractivity contribution in [1.82, 2.24) is 4.90 Å². The molecule has 1 heterocycles. The molecule has 1 saturated carbocycles. The minimum atomic E-state index is -3.10. The first kappa shape index (κ1) is 21.6. The zero-order valence-corrected chi connectivity index (χ0v) is 17.8. The third-order valence-corrected chi connectivity index (χ3v) is 7.15. The van der Waals surface area contributed by atoms with Crippen LogP contribution in [0.5, 0.6) is 5.75 Å². The molecule has 1 saturated heterocycles. The Morgan fingerprint density at radius 3 is 2.28 bits per heavy atom. The summed E-state index contributed by atoms with van der Waals surface area (Å²) in [5, 5.41) is 0. The van der Waals surface area contributed by atoms with E-state index in [4.69, 9.17) is 9.47 Å². The highest BCUT2D eigenvalue weighted by Gasteiger charge is 2.39. The van der Waals surface area contributed by atoms with E-state index in [0.29, 0.717) is 17.7 Å². The van der Waals surface area contributed by atoms with E-state index >= 15 is 0 Å². The van der Waals surface area contributed by atoms with Crippen LogP contribution in [0.15, 0.2) is 24.3 Å². The lowest BCUT2D eigenvalue weighted by atomic mass is 10.1. The van der Waals surface area contributed by atoms with Crippen molar-refractivity contribution >= 4 is 21.7 Å². The molecule has 1 aliphatic carbocycles. The second kappa shape index (κ2) is 9.15. The lowest BCUT2D eigenvalue weighted by Crippen LogP contribution is -2.48. The molecule has 8 heteroatoms. The zero-order valence-electron chi connectivity index (χ0n) is 17.0. The van der Waals surface area contributed by atoms with Gasteiger partial charge in [-0.2, -0.15) is 0 Å². The van der Waals surface area contributed by atoms with Gasteiger partial charge >= 0.3 is 5.97 Å². The largest absolute Gasteiger partial charge is 0.491 e. The molecule has 160 valence electrons. The Balaban J connectivity index is 1.61. The average Bonchev–Trinajstić information content (AvgIpc) is 3.30. The topological polar surface area (TPSA) is 90.0 Å². The molecule has 29 heavy (non-hydrogen) atoms. The van der Waals surface area contributed by atoms with Gasteiger partial charge in [-0.05, 0) is 57.4 Å². The highest BCUT2D eigenvalue weighted by Crippen LogP contribution is 2.29. The van der Waals surface area contributed by atoms with Gasteiger partial charge in [0.1, 0.15) is 5.75 Å². The number of carbonyl (C=O) groups is 2. The summed E-state index contributed by atoms with van der Waals surface area (Å²) in [4.78, 5) is 26.9. The number of amides is 1. The summed E-state index contributed by atoms with van der Waals surface area (Å²) in [5.74, 6) is -0.131. The Morgan fingerprint density at radius 2 is 1.72 bits per heavy atom. The molecule has 0 bridgehead atoms. The van der Waals surface area contributed by atoms with Gasteiger partial charge in [-0.25, -0.2) is 13.2 Å². The maximum Gasteiger partial charge on any atom is 0.338 e. The van der Waals surface area contributed by atoms with E-state index in [1.165, 1.54) is 0 Å². The van der Waals surface area contributed by atoms with E-state index in [-0.39, 0.29) is 42.2 Å². The molecule has 2 fully saturated rings. The van der Waals surface area contributed by atoms with Gasteiger partial charge < -0.3 is 14.4 Å². The second-order valence-corrected chi connectivity index (χ2v) is 10.3. The lowest BCUT2D eigenvalue weighted by Gasteiger charge is -2.33. The van der Waals surface area contributed by atoms with Gasteiger partial charge in [0.25, 0.3) is 5.91 Å². The Labute approximate surface area is 172 Å². The van der Waals surface area contributed by atoms with Crippen LogP contribution in [-0.2, 0) is 19.4 Å². The maximum atomic E-state index is 12.9. The molecule has 1 aromatic carbocycles. The molecule has 0 radical (unpaired) electrons. The quantitative estimate of drug-likeness (QED) is 0.626. The zero-order chi connectivity index (χ0) is 21.0. The standard InChI is InChI=1S/C21H29NO6S/c1-15(2)28-19-9-7-16(8-10-19)21(24)27-13-20(23)22(17-5-3-4-6-17)18-11-12-29(25,26)14-18/h7-10,15,17-18H,3-6,11-14H2,1-2H3/t18-/m0/s1. The number of hydrogen-bond acceptors (Lipinski definition) is 6. The number of rotatable bonds is 7.